The van der Waals surface area contributed by atoms with Gasteiger partial charge in [-0.05, 0) is 55.3 Å². The molecule has 0 saturated carbocycles. The third kappa shape index (κ3) is 2.66. The zero-order valence-corrected chi connectivity index (χ0v) is 10.3. The molecule has 0 aliphatic rings. The largest absolute Gasteiger partial charge is 0.508 e. The highest BCUT2D eigenvalue weighted by molar-refractivity contribution is 5.79. The normalized spacial score (nSPS) is 11.0. The Morgan fingerprint density at radius 2 is 1.83 bits per heavy atom. The number of aromatic nitrogens is 1. The van der Waals surface area contributed by atoms with Crippen LogP contribution in [-0.4, -0.2) is 16.0 Å². The van der Waals surface area contributed by atoms with E-state index in [9.17, 15) is 4.79 Å². The smallest absolute Gasteiger partial charge is 0.271 e. The number of aromatic hydroxyl groups is 1. The minimum absolute atomic E-state index is 0.150. The summed E-state index contributed by atoms with van der Waals surface area (Å²) in [6, 6.07) is 10.1. The molecule has 4 nitrogen and oxygen atoms in total. The number of aryl methyl sites for hydroxylation is 2. The van der Waals surface area contributed by atoms with E-state index in [1.807, 2.05) is 19.9 Å². The quantitative estimate of drug-likeness (QED) is 0.819. The number of nitrogens with zero attached hydrogens (tertiary/aromatic N) is 2. The Morgan fingerprint density at radius 1 is 1.17 bits per heavy atom. The van der Waals surface area contributed by atoms with E-state index in [1.165, 1.54) is 4.68 Å². The maximum Gasteiger partial charge on any atom is 0.271 e. The maximum atomic E-state index is 11.7. The van der Waals surface area contributed by atoms with E-state index in [2.05, 4.69) is 5.10 Å². The summed E-state index contributed by atoms with van der Waals surface area (Å²) in [7, 11) is 0. The first-order chi connectivity index (χ1) is 8.56. The van der Waals surface area contributed by atoms with Gasteiger partial charge in [0.25, 0.3) is 5.56 Å². The Balaban J connectivity index is 2.35. The fourth-order valence-electron chi connectivity index (χ4n) is 1.69. The van der Waals surface area contributed by atoms with Crippen LogP contribution in [0.25, 0.3) is 0 Å². The zero-order valence-electron chi connectivity index (χ0n) is 10.3. The average Bonchev–Trinajstić information content (AvgIpc) is 2.30. The van der Waals surface area contributed by atoms with E-state index in [1.54, 1.807) is 36.5 Å². The van der Waals surface area contributed by atoms with E-state index in [0.717, 1.165) is 16.8 Å². The second-order valence-corrected chi connectivity index (χ2v) is 4.16. The maximum absolute atomic E-state index is 11.7. The molecule has 4 heteroatoms. The van der Waals surface area contributed by atoms with Crippen LogP contribution in [0, 0.1) is 13.8 Å². The highest BCUT2D eigenvalue weighted by Crippen LogP contribution is 2.08. The van der Waals surface area contributed by atoms with Gasteiger partial charge in [0.15, 0.2) is 0 Å². The van der Waals surface area contributed by atoms with E-state index in [0.29, 0.717) is 0 Å². The predicted octanol–water partition coefficient (Wildman–Crippen LogP) is 2.05. The number of pyridine rings is 1. The van der Waals surface area contributed by atoms with Crippen LogP contribution < -0.4 is 5.56 Å². The first kappa shape index (κ1) is 12.1. The van der Waals surface area contributed by atoms with Crippen molar-refractivity contribution in [3.05, 3.63) is 63.6 Å². The number of rotatable bonds is 2. The molecular weight excluding hydrogens is 228 g/mol. The van der Waals surface area contributed by atoms with Gasteiger partial charge in [0, 0.05) is 11.8 Å². The van der Waals surface area contributed by atoms with Gasteiger partial charge in [-0.25, -0.2) is 4.68 Å². The third-order valence-corrected chi connectivity index (χ3v) is 2.55. The molecule has 0 radical (unpaired) electrons. The van der Waals surface area contributed by atoms with Gasteiger partial charge in [0.1, 0.15) is 5.75 Å². The lowest BCUT2D eigenvalue weighted by atomic mass is 10.2. The molecule has 0 spiro atoms. The number of hydrogen-bond donors (Lipinski definition) is 1. The number of phenolic OH excluding ortho intramolecular Hbond substituents is 1. The van der Waals surface area contributed by atoms with Crippen molar-refractivity contribution in [1.82, 2.24) is 4.68 Å². The summed E-state index contributed by atoms with van der Waals surface area (Å²) in [5, 5.41) is 13.3. The molecule has 1 heterocycles. The lowest BCUT2D eigenvalue weighted by molar-refractivity contribution is 0.475. The van der Waals surface area contributed by atoms with Gasteiger partial charge in [0.2, 0.25) is 0 Å². The summed E-state index contributed by atoms with van der Waals surface area (Å²) in [4.78, 5) is 11.7. The van der Waals surface area contributed by atoms with Crippen molar-refractivity contribution in [3.8, 4) is 5.75 Å². The average molecular weight is 242 g/mol. The molecule has 0 saturated heterocycles. The van der Waals surface area contributed by atoms with Crippen LogP contribution in [0.2, 0.25) is 0 Å². The molecule has 0 aliphatic carbocycles. The van der Waals surface area contributed by atoms with Crippen LogP contribution in [0.1, 0.15) is 16.8 Å². The third-order valence-electron chi connectivity index (χ3n) is 2.55. The molecule has 0 fully saturated rings. The molecule has 1 aromatic heterocycles. The Kier molecular flexibility index (Phi) is 3.28. The standard InChI is InChI=1S/C14H14N2O2/c1-10-7-11(2)16(14(18)8-10)15-9-12-3-5-13(17)6-4-12/h3-9,17H,1-2H3/b15-9+. The number of hydrogen-bond acceptors (Lipinski definition) is 3. The van der Waals surface area contributed by atoms with E-state index >= 15 is 0 Å². The summed E-state index contributed by atoms with van der Waals surface area (Å²) in [6.07, 6.45) is 1.59. The fourth-order valence-corrected chi connectivity index (χ4v) is 1.69. The van der Waals surface area contributed by atoms with Crippen molar-refractivity contribution in [2.75, 3.05) is 0 Å². The SMILES string of the molecule is Cc1cc(C)n(/N=C/c2ccc(O)cc2)c(=O)c1. The Hall–Kier alpha value is -2.36. The van der Waals surface area contributed by atoms with Gasteiger partial charge in [-0.3, -0.25) is 4.79 Å². The van der Waals surface area contributed by atoms with Gasteiger partial charge in [0.05, 0.1) is 6.21 Å². The molecule has 1 N–H and O–H groups in total. The van der Waals surface area contributed by atoms with E-state index in [4.69, 9.17) is 5.11 Å². The summed E-state index contributed by atoms with van der Waals surface area (Å²) in [5.41, 5.74) is 2.38. The Labute approximate surface area is 105 Å². The molecule has 18 heavy (non-hydrogen) atoms. The van der Waals surface area contributed by atoms with Crippen molar-refractivity contribution >= 4 is 6.21 Å². The topological polar surface area (TPSA) is 54.6 Å². The predicted molar refractivity (Wildman–Crippen MR) is 71.3 cm³/mol. The minimum Gasteiger partial charge on any atom is -0.508 e. The summed E-state index contributed by atoms with van der Waals surface area (Å²) < 4.78 is 1.35. The minimum atomic E-state index is -0.150. The van der Waals surface area contributed by atoms with Gasteiger partial charge >= 0.3 is 0 Å². The van der Waals surface area contributed by atoms with Gasteiger partial charge in [-0.1, -0.05) is 0 Å². The first-order valence-corrected chi connectivity index (χ1v) is 5.60. The van der Waals surface area contributed by atoms with Crippen LogP contribution in [0.15, 0.2) is 46.3 Å². The summed E-state index contributed by atoms with van der Waals surface area (Å²) >= 11 is 0. The molecule has 0 aliphatic heterocycles. The zero-order chi connectivity index (χ0) is 13.1. The molecule has 2 aromatic rings. The first-order valence-electron chi connectivity index (χ1n) is 5.60. The van der Waals surface area contributed by atoms with Crippen molar-refractivity contribution in [2.24, 2.45) is 5.10 Å². The molecular formula is C14H14N2O2. The van der Waals surface area contributed by atoms with Gasteiger partial charge < -0.3 is 5.11 Å². The molecule has 92 valence electrons. The van der Waals surface area contributed by atoms with Crippen LogP contribution in [-0.2, 0) is 0 Å². The van der Waals surface area contributed by atoms with E-state index < -0.39 is 0 Å². The lowest BCUT2D eigenvalue weighted by Gasteiger charge is -2.03. The number of phenols is 1. The fraction of sp³-hybridized carbons (Fsp3) is 0.143. The second-order valence-electron chi connectivity index (χ2n) is 4.16. The van der Waals surface area contributed by atoms with Crippen LogP contribution in [0.5, 0.6) is 5.75 Å². The van der Waals surface area contributed by atoms with Crippen molar-refractivity contribution < 1.29 is 5.11 Å². The molecule has 0 amide bonds. The van der Waals surface area contributed by atoms with Crippen molar-refractivity contribution in [1.29, 1.82) is 0 Å². The van der Waals surface area contributed by atoms with Crippen molar-refractivity contribution in [2.45, 2.75) is 13.8 Å². The number of benzene rings is 1. The molecule has 0 unspecified atom stereocenters. The highest BCUT2D eigenvalue weighted by atomic mass is 16.3. The Bertz CT molecular complexity index is 640. The van der Waals surface area contributed by atoms with Crippen LogP contribution in [0.3, 0.4) is 0 Å². The second kappa shape index (κ2) is 4.87. The van der Waals surface area contributed by atoms with Gasteiger partial charge in [-0.15, -0.1) is 0 Å². The van der Waals surface area contributed by atoms with Crippen LogP contribution >= 0.6 is 0 Å². The van der Waals surface area contributed by atoms with Crippen molar-refractivity contribution in [3.63, 3.8) is 0 Å². The monoisotopic (exact) mass is 242 g/mol. The highest BCUT2D eigenvalue weighted by Gasteiger charge is 1.98. The molecule has 0 bridgehead atoms. The molecule has 2 rings (SSSR count). The lowest BCUT2D eigenvalue weighted by Crippen LogP contribution is -2.18. The Morgan fingerprint density at radius 3 is 2.44 bits per heavy atom. The molecule has 1 aromatic carbocycles. The van der Waals surface area contributed by atoms with Gasteiger partial charge in [-0.2, -0.15) is 5.10 Å². The van der Waals surface area contributed by atoms with E-state index in [-0.39, 0.29) is 11.3 Å². The molecule has 0 atom stereocenters. The summed E-state index contributed by atoms with van der Waals surface area (Å²) in [5.74, 6) is 0.204. The van der Waals surface area contributed by atoms with Crippen LogP contribution in [0.4, 0.5) is 0 Å². The summed E-state index contributed by atoms with van der Waals surface area (Å²) in [6.45, 7) is 3.71.